The highest BCUT2D eigenvalue weighted by Gasteiger charge is 2.18. The van der Waals surface area contributed by atoms with Crippen LogP contribution in [0.15, 0.2) is 76.7 Å². The molecular weight excluding hydrogens is 395 g/mol. The maximum absolute atomic E-state index is 14.3. The van der Waals surface area contributed by atoms with Crippen LogP contribution in [0.2, 0.25) is 0 Å². The van der Waals surface area contributed by atoms with E-state index in [1.165, 1.54) is 35.0 Å². The lowest BCUT2D eigenvalue weighted by atomic mass is 10.2. The third-order valence-corrected chi connectivity index (χ3v) is 5.69. The average molecular weight is 410 g/mol. The van der Waals surface area contributed by atoms with Crippen LogP contribution in [0.25, 0.3) is 16.6 Å². The Bertz CT molecular complexity index is 1390. The van der Waals surface area contributed by atoms with Gasteiger partial charge < -0.3 is 0 Å². The predicted octanol–water partition coefficient (Wildman–Crippen LogP) is 3.03. The monoisotopic (exact) mass is 410 g/mol. The first-order chi connectivity index (χ1) is 13.9. The van der Waals surface area contributed by atoms with Crippen LogP contribution in [0.4, 0.5) is 10.1 Å². The first kappa shape index (κ1) is 18.8. The van der Waals surface area contributed by atoms with E-state index >= 15 is 0 Å². The first-order valence-electron chi connectivity index (χ1n) is 8.58. The summed E-state index contributed by atoms with van der Waals surface area (Å²) in [5.41, 5.74) is 0.216. The van der Waals surface area contributed by atoms with Crippen LogP contribution < -0.4 is 10.3 Å². The number of benzene rings is 2. The Morgan fingerprint density at radius 3 is 2.62 bits per heavy atom. The molecule has 29 heavy (non-hydrogen) atoms. The summed E-state index contributed by atoms with van der Waals surface area (Å²) in [7, 11) is -4.05. The molecule has 2 heterocycles. The molecule has 7 nitrogen and oxygen atoms in total. The largest absolute Gasteiger partial charge is 0.277 e. The fourth-order valence-electron chi connectivity index (χ4n) is 2.99. The molecule has 0 unspecified atom stereocenters. The third kappa shape index (κ3) is 3.47. The van der Waals surface area contributed by atoms with Crippen molar-refractivity contribution in [1.82, 2.24) is 14.5 Å². The van der Waals surface area contributed by atoms with Gasteiger partial charge in [-0.3, -0.25) is 19.1 Å². The molecule has 0 spiro atoms. The van der Waals surface area contributed by atoms with E-state index in [4.69, 9.17) is 0 Å². The van der Waals surface area contributed by atoms with Crippen LogP contribution in [0.1, 0.15) is 5.82 Å². The Balaban J connectivity index is 1.83. The summed E-state index contributed by atoms with van der Waals surface area (Å²) in [6.07, 6.45) is 2.59. The highest BCUT2D eigenvalue weighted by atomic mass is 32.2. The minimum Gasteiger partial charge on any atom is -0.277 e. The quantitative estimate of drug-likeness (QED) is 0.558. The molecule has 2 aromatic carbocycles. The number of para-hydroxylation sites is 1. The molecule has 2 aromatic heterocycles. The molecule has 1 N–H and O–H groups in total. The van der Waals surface area contributed by atoms with Crippen molar-refractivity contribution in [2.45, 2.75) is 11.8 Å². The summed E-state index contributed by atoms with van der Waals surface area (Å²) < 4.78 is 42.9. The maximum Gasteiger partial charge on any atom is 0.265 e. The number of aromatic nitrogens is 3. The number of nitrogens with zero attached hydrogens (tertiary/aromatic N) is 3. The topological polar surface area (TPSA) is 94.0 Å². The summed E-state index contributed by atoms with van der Waals surface area (Å²) in [5, 5.41) is 0.403. The molecule has 9 heteroatoms. The van der Waals surface area contributed by atoms with Crippen LogP contribution in [0.3, 0.4) is 0 Å². The number of hydrogen-bond donors (Lipinski definition) is 1. The molecule has 0 radical (unpaired) electrons. The number of nitrogens with one attached hydrogen (secondary N) is 1. The molecule has 0 saturated carbocycles. The maximum atomic E-state index is 14.3. The van der Waals surface area contributed by atoms with Gasteiger partial charge >= 0.3 is 0 Å². The third-order valence-electron chi connectivity index (χ3n) is 4.34. The molecule has 0 aliphatic carbocycles. The second-order valence-electron chi connectivity index (χ2n) is 6.28. The number of rotatable bonds is 4. The van der Waals surface area contributed by atoms with Crippen molar-refractivity contribution in [3.8, 4) is 5.69 Å². The van der Waals surface area contributed by atoms with Crippen LogP contribution >= 0.6 is 0 Å². The Morgan fingerprint density at radius 1 is 1.07 bits per heavy atom. The average Bonchev–Trinajstić information content (AvgIpc) is 2.71. The fraction of sp³-hybridized carbons (Fsp3) is 0.0500. The van der Waals surface area contributed by atoms with Crippen molar-refractivity contribution >= 4 is 26.6 Å². The van der Waals surface area contributed by atoms with E-state index in [0.29, 0.717) is 16.7 Å². The van der Waals surface area contributed by atoms with Gasteiger partial charge in [0, 0.05) is 12.4 Å². The normalized spacial score (nSPS) is 11.5. The predicted molar refractivity (Wildman–Crippen MR) is 107 cm³/mol. The Hall–Kier alpha value is -3.59. The number of sulfonamides is 1. The van der Waals surface area contributed by atoms with Crippen LogP contribution in [0.5, 0.6) is 0 Å². The molecule has 0 bridgehead atoms. The molecule has 4 rings (SSSR count). The van der Waals surface area contributed by atoms with Crippen molar-refractivity contribution in [1.29, 1.82) is 0 Å². The summed E-state index contributed by atoms with van der Waals surface area (Å²) >= 11 is 0. The lowest BCUT2D eigenvalue weighted by Gasteiger charge is -2.14. The van der Waals surface area contributed by atoms with Crippen molar-refractivity contribution in [2.75, 3.05) is 4.72 Å². The van der Waals surface area contributed by atoms with E-state index in [0.717, 1.165) is 12.3 Å². The van der Waals surface area contributed by atoms with E-state index in [2.05, 4.69) is 14.7 Å². The zero-order valence-electron chi connectivity index (χ0n) is 15.2. The zero-order valence-corrected chi connectivity index (χ0v) is 16.0. The number of halogens is 1. The Kier molecular flexibility index (Phi) is 4.59. The number of anilines is 1. The highest BCUT2D eigenvalue weighted by molar-refractivity contribution is 7.92. The van der Waals surface area contributed by atoms with Gasteiger partial charge in [0.1, 0.15) is 16.5 Å². The second-order valence-corrected chi connectivity index (χ2v) is 7.96. The fourth-order valence-corrected chi connectivity index (χ4v) is 4.01. The molecule has 146 valence electrons. The van der Waals surface area contributed by atoms with E-state index in [-0.39, 0.29) is 21.8 Å². The van der Waals surface area contributed by atoms with Crippen molar-refractivity contribution in [2.24, 2.45) is 0 Å². The van der Waals surface area contributed by atoms with Crippen LogP contribution in [-0.4, -0.2) is 23.0 Å². The van der Waals surface area contributed by atoms with E-state index < -0.39 is 15.8 Å². The number of hydrogen-bond acceptors (Lipinski definition) is 5. The Labute approximate surface area is 165 Å². The molecular formula is C20H15FN4O3S. The van der Waals surface area contributed by atoms with E-state index in [9.17, 15) is 17.6 Å². The van der Waals surface area contributed by atoms with Gasteiger partial charge in [-0.2, -0.15) is 0 Å². The van der Waals surface area contributed by atoms with Gasteiger partial charge in [-0.05, 0) is 49.4 Å². The van der Waals surface area contributed by atoms with Gasteiger partial charge in [-0.25, -0.2) is 17.8 Å². The summed E-state index contributed by atoms with van der Waals surface area (Å²) in [4.78, 5) is 21.0. The van der Waals surface area contributed by atoms with Gasteiger partial charge in [-0.1, -0.05) is 12.1 Å². The van der Waals surface area contributed by atoms with E-state index in [1.807, 2.05) is 0 Å². The van der Waals surface area contributed by atoms with Gasteiger partial charge in [0.2, 0.25) is 0 Å². The minimum atomic E-state index is -4.05. The molecule has 4 aromatic rings. The smallest absolute Gasteiger partial charge is 0.265 e. The second kappa shape index (κ2) is 7.10. The molecule has 0 amide bonds. The SMILES string of the molecule is Cc1nc2ccccc2c(=O)n1-c1ccc(F)c(NS(=O)(=O)c2cccnc2)c1. The Morgan fingerprint density at radius 2 is 1.86 bits per heavy atom. The lowest BCUT2D eigenvalue weighted by molar-refractivity contribution is 0.598. The van der Waals surface area contributed by atoms with Crippen molar-refractivity contribution < 1.29 is 12.8 Å². The molecule has 0 aliphatic heterocycles. The molecule has 0 atom stereocenters. The number of fused-ring (bicyclic) bond motifs is 1. The summed E-state index contributed by atoms with van der Waals surface area (Å²) in [5.74, 6) is -0.387. The standard InChI is InChI=1S/C20H15FN4O3S/c1-13-23-18-7-3-2-6-16(18)20(26)25(13)14-8-9-17(21)19(11-14)24-29(27,28)15-5-4-10-22-12-15/h2-12,24H,1H3. The van der Waals surface area contributed by atoms with Gasteiger partial charge in [0.15, 0.2) is 0 Å². The molecule has 0 fully saturated rings. The van der Waals surface area contributed by atoms with Gasteiger partial charge in [0.25, 0.3) is 15.6 Å². The zero-order chi connectivity index (χ0) is 20.6. The molecule has 0 aliphatic rings. The van der Waals surface area contributed by atoms with Gasteiger partial charge in [0.05, 0.1) is 22.3 Å². The summed E-state index contributed by atoms with van der Waals surface area (Å²) in [6, 6.07) is 13.4. The van der Waals surface area contributed by atoms with Crippen molar-refractivity contribution in [3.05, 3.63) is 89.0 Å². The highest BCUT2D eigenvalue weighted by Crippen LogP contribution is 2.23. The lowest BCUT2D eigenvalue weighted by Crippen LogP contribution is -2.22. The van der Waals surface area contributed by atoms with Crippen molar-refractivity contribution in [3.63, 3.8) is 0 Å². The number of pyridine rings is 1. The van der Waals surface area contributed by atoms with Crippen LogP contribution in [-0.2, 0) is 10.0 Å². The molecule has 0 saturated heterocycles. The van der Waals surface area contributed by atoms with Crippen LogP contribution in [0, 0.1) is 12.7 Å². The minimum absolute atomic E-state index is 0.106. The van der Waals surface area contributed by atoms with E-state index in [1.54, 1.807) is 31.2 Å². The first-order valence-corrected chi connectivity index (χ1v) is 10.1. The number of aryl methyl sites for hydroxylation is 1. The summed E-state index contributed by atoms with van der Waals surface area (Å²) in [6.45, 7) is 1.65. The van der Waals surface area contributed by atoms with Gasteiger partial charge in [-0.15, -0.1) is 0 Å².